The van der Waals surface area contributed by atoms with Gasteiger partial charge in [-0.25, -0.2) is 0 Å². The summed E-state index contributed by atoms with van der Waals surface area (Å²) in [6.45, 7) is 1.64. The minimum Gasteiger partial charge on any atom is -0.394 e. The Hall–Kier alpha value is -4.07. The van der Waals surface area contributed by atoms with Crippen molar-refractivity contribution in [3.8, 4) is 0 Å². The van der Waals surface area contributed by atoms with Crippen LogP contribution in [0.25, 0.3) is 0 Å². The fourth-order valence-electron chi connectivity index (χ4n) is 14.3. The molecule has 3 aliphatic rings. The number of nitrogens with one attached hydrogen (secondary N) is 1. The summed E-state index contributed by atoms with van der Waals surface area (Å²) in [5.41, 5.74) is 0. The average Bonchev–Trinajstić information content (AvgIpc) is 0.780. The molecule has 3 rings (SSSR count). The van der Waals surface area contributed by atoms with Crippen molar-refractivity contribution >= 4 is 5.91 Å². The second kappa shape index (κ2) is 72.0. The SMILES string of the molecule is CC/C=C\C/C=C\C/C=C\C/C=C\C/C=C\C/C=C\C/C=C\C/C=C\C/C=C\C/C=C\CCCCCCCCCCC(=O)NC(COC1OC(CO)C(OC2OC(CO)C(OC3OC(CO)C(O)C(O)C3O)C(O)C2O)C(O)C1O)C(O)/C=C/CCCCCCCCCCCCCCCCCCCCCCCCCCCCC. The molecule has 17 atom stereocenters. The van der Waals surface area contributed by atoms with Crippen LogP contribution in [0, 0.1) is 0 Å². The number of ether oxygens (including phenoxy) is 6. The van der Waals surface area contributed by atoms with Gasteiger partial charge in [0.15, 0.2) is 18.9 Å². The van der Waals surface area contributed by atoms with Gasteiger partial charge < -0.3 is 89.9 Å². The average molecular weight is 1590 g/mol. The van der Waals surface area contributed by atoms with Gasteiger partial charge in [-0.3, -0.25) is 4.79 Å². The molecule has 0 bridgehead atoms. The zero-order chi connectivity index (χ0) is 81.7. The van der Waals surface area contributed by atoms with Crippen molar-refractivity contribution in [2.75, 3.05) is 26.4 Å². The summed E-state index contributed by atoms with van der Waals surface area (Å²) in [5, 5.41) is 121. The fraction of sp³-hybridized carbons (Fsp3) is 0.755. The smallest absolute Gasteiger partial charge is 0.220 e. The Kier molecular flexibility index (Phi) is 65.7. The minimum absolute atomic E-state index is 0.226. The third-order valence-electron chi connectivity index (χ3n) is 21.5. The lowest BCUT2D eigenvalue weighted by atomic mass is 9.96. The van der Waals surface area contributed by atoms with Crippen molar-refractivity contribution in [3.05, 3.63) is 134 Å². The Morgan fingerprint density at radius 3 is 0.956 bits per heavy atom. The summed E-state index contributed by atoms with van der Waals surface area (Å²) < 4.78 is 34.5. The van der Waals surface area contributed by atoms with Crippen LogP contribution in [0.5, 0.6) is 0 Å². The highest BCUT2D eigenvalue weighted by atomic mass is 16.8. The molecule has 0 aromatic carbocycles. The normalized spacial score (nSPS) is 25.5. The van der Waals surface area contributed by atoms with Crippen molar-refractivity contribution in [1.29, 1.82) is 0 Å². The first-order valence-electron chi connectivity index (χ1n) is 44.9. The van der Waals surface area contributed by atoms with Crippen LogP contribution in [0.1, 0.15) is 322 Å². The van der Waals surface area contributed by atoms with Crippen LogP contribution in [0.2, 0.25) is 0 Å². The second-order valence-electron chi connectivity index (χ2n) is 31.3. The quantitative estimate of drug-likeness (QED) is 0.0199. The molecule has 113 heavy (non-hydrogen) atoms. The first-order chi connectivity index (χ1) is 55.3. The van der Waals surface area contributed by atoms with E-state index in [-0.39, 0.29) is 18.9 Å². The van der Waals surface area contributed by atoms with Crippen LogP contribution >= 0.6 is 0 Å². The van der Waals surface area contributed by atoms with Gasteiger partial charge in [0.1, 0.15) is 73.2 Å². The molecule has 1 amide bonds. The number of carbonyl (C=O) groups excluding carboxylic acids is 1. The van der Waals surface area contributed by atoms with Crippen LogP contribution in [-0.4, -0.2) is 193 Å². The zero-order valence-electron chi connectivity index (χ0n) is 70.1. The van der Waals surface area contributed by atoms with E-state index in [9.17, 15) is 61.0 Å². The number of aliphatic hydroxyl groups excluding tert-OH is 11. The van der Waals surface area contributed by atoms with Gasteiger partial charge in [0.25, 0.3) is 0 Å². The number of unbranched alkanes of at least 4 members (excludes halogenated alkanes) is 35. The molecule has 3 fully saturated rings. The largest absolute Gasteiger partial charge is 0.394 e. The Balaban J connectivity index is 1.35. The maximum atomic E-state index is 13.5. The number of rotatable bonds is 71. The minimum atomic E-state index is -1.99. The maximum Gasteiger partial charge on any atom is 0.220 e. The van der Waals surface area contributed by atoms with Gasteiger partial charge in [0, 0.05) is 6.42 Å². The van der Waals surface area contributed by atoms with E-state index in [1.54, 1.807) is 6.08 Å². The van der Waals surface area contributed by atoms with E-state index in [0.29, 0.717) is 6.42 Å². The molecular formula is C94H161NO18. The number of hydrogen-bond acceptors (Lipinski definition) is 18. The van der Waals surface area contributed by atoms with Crippen LogP contribution in [-0.2, 0) is 33.2 Å². The molecule has 0 aromatic rings. The molecule has 0 radical (unpaired) electrons. The summed E-state index contributed by atoms with van der Waals surface area (Å²) >= 11 is 0. The molecule has 19 nitrogen and oxygen atoms in total. The van der Waals surface area contributed by atoms with Crippen molar-refractivity contribution < 1.29 is 89.4 Å². The third-order valence-corrected chi connectivity index (χ3v) is 21.5. The highest BCUT2D eigenvalue weighted by molar-refractivity contribution is 5.76. The predicted octanol–water partition coefficient (Wildman–Crippen LogP) is 17.2. The van der Waals surface area contributed by atoms with E-state index in [2.05, 4.69) is 141 Å². The molecule has 650 valence electrons. The lowest BCUT2D eigenvalue weighted by Crippen LogP contribution is -2.66. The molecule has 3 saturated heterocycles. The monoisotopic (exact) mass is 1590 g/mol. The van der Waals surface area contributed by atoms with Crippen LogP contribution < -0.4 is 5.32 Å². The summed E-state index contributed by atoms with van der Waals surface area (Å²) in [4.78, 5) is 13.5. The van der Waals surface area contributed by atoms with Gasteiger partial charge in [0.2, 0.25) is 5.91 Å². The van der Waals surface area contributed by atoms with Crippen molar-refractivity contribution in [3.63, 3.8) is 0 Å². The van der Waals surface area contributed by atoms with Gasteiger partial charge in [-0.05, 0) is 96.3 Å². The summed E-state index contributed by atoms with van der Waals surface area (Å²) in [5.74, 6) is -0.286. The van der Waals surface area contributed by atoms with E-state index in [0.717, 1.165) is 135 Å². The molecule has 19 heteroatoms. The lowest BCUT2D eigenvalue weighted by Gasteiger charge is -2.48. The molecule has 12 N–H and O–H groups in total. The second-order valence-corrected chi connectivity index (χ2v) is 31.3. The van der Waals surface area contributed by atoms with Crippen molar-refractivity contribution in [2.24, 2.45) is 0 Å². The molecule has 0 aromatic heterocycles. The van der Waals surface area contributed by atoms with E-state index in [1.807, 2.05) is 6.08 Å². The molecule has 0 aliphatic carbocycles. The van der Waals surface area contributed by atoms with Gasteiger partial charge in [-0.15, -0.1) is 0 Å². The molecule has 17 unspecified atom stereocenters. The zero-order valence-corrected chi connectivity index (χ0v) is 70.1. The third kappa shape index (κ3) is 50.5. The summed E-state index contributed by atoms with van der Waals surface area (Å²) in [7, 11) is 0. The van der Waals surface area contributed by atoms with Crippen LogP contribution in [0.3, 0.4) is 0 Å². The molecule has 0 saturated carbocycles. The summed E-state index contributed by atoms with van der Waals surface area (Å²) in [6.07, 6.45) is 77.2. The summed E-state index contributed by atoms with van der Waals surface area (Å²) in [6, 6.07) is -0.990. The van der Waals surface area contributed by atoms with E-state index >= 15 is 0 Å². The first kappa shape index (κ1) is 103. The van der Waals surface area contributed by atoms with Gasteiger partial charge >= 0.3 is 0 Å². The van der Waals surface area contributed by atoms with Gasteiger partial charge in [0.05, 0.1) is 38.6 Å². The number of carbonyl (C=O) groups is 1. The first-order valence-corrected chi connectivity index (χ1v) is 44.9. The maximum absolute atomic E-state index is 13.5. The van der Waals surface area contributed by atoms with Crippen LogP contribution in [0.15, 0.2) is 134 Å². The van der Waals surface area contributed by atoms with E-state index in [1.165, 1.54) is 161 Å². The lowest BCUT2D eigenvalue weighted by molar-refractivity contribution is -0.379. The van der Waals surface area contributed by atoms with E-state index in [4.69, 9.17) is 28.4 Å². The van der Waals surface area contributed by atoms with Gasteiger partial charge in [-0.1, -0.05) is 353 Å². The topological polar surface area (TPSA) is 307 Å². The predicted molar refractivity (Wildman–Crippen MR) is 456 cm³/mol. The van der Waals surface area contributed by atoms with Crippen LogP contribution in [0.4, 0.5) is 0 Å². The molecule has 3 aliphatic heterocycles. The highest BCUT2D eigenvalue weighted by Crippen LogP contribution is 2.33. The number of allylic oxidation sites excluding steroid dienone is 21. The highest BCUT2D eigenvalue weighted by Gasteiger charge is 2.54. The standard InChI is InChI=1S/C94H161NO18/c1-3-5-7-9-11-13-15-17-19-21-23-25-27-29-31-33-34-35-36-37-38-39-40-41-42-44-46-48-50-52-54-56-58-60-62-64-66-68-70-72-82(100)95-77(78(99)71-69-67-65-63-61-59-57-55-53-51-49-47-45-43-32-30-28-26-24-22-20-18-16-14-12-10-8-6-4-2)76-108-92-88(106)85(103)90(80(74-97)110-92)113-94-89(107)86(104)91(81(75-98)111-94)112-93-87(105)84(102)83(101)79(73-96)109-93/h5,7,11,13,17,19,23,25,29,31,34-35,37-38,40-41,44,46,50,52,69,71,77-81,83-94,96-99,101-107H,3-4,6,8-10,12,14-16,18,20-22,24,26-28,30,32-33,36,39,42-43,45,47-49,51,53-68,70,72-76H2,1-2H3,(H,95,100)/b7-5-,13-11-,19-17-,25-23-,31-29-,35-34-,38-37-,41-40-,46-44-,52-50-,71-69+. The van der Waals surface area contributed by atoms with Crippen molar-refractivity contribution in [2.45, 2.75) is 426 Å². The molecule has 0 spiro atoms. The molecular weight excluding hydrogens is 1430 g/mol. The number of amides is 1. The van der Waals surface area contributed by atoms with E-state index < -0.39 is 124 Å². The van der Waals surface area contributed by atoms with Crippen molar-refractivity contribution in [1.82, 2.24) is 5.32 Å². The van der Waals surface area contributed by atoms with Gasteiger partial charge in [-0.2, -0.15) is 0 Å². The number of aliphatic hydroxyl groups is 11. The Morgan fingerprint density at radius 1 is 0.327 bits per heavy atom. The fourth-order valence-corrected chi connectivity index (χ4v) is 14.3. The molecule has 3 heterocycles. The Bertz CT molecular complexity index is 2560. The number of hydrogen-bond donors (Lipinski definition) is 12. The Labute approximate surface area is 683 Å². The Morgan fingerprint density at radius 2 is 0.611 bits per heavy atom.